The zero-order valence-electron chi connectivity index (χ0n) is 11.2. The number of amides is 1. The van der Waals surface area contributed by atoms with Crippen molar-refractivity contribution in [3.8, 4) is 0 Å². The number of nitrogens with zero attached hydrogens (tertiary/aromatic N) is 3. The largest absolute Gasteiger partial charge is 0.342 e. The molecule has 0 aliphatic heterocycles. The molecule has 0 saturated heterocycles. The monoisotopic (exact) mass is 281 g/mol. The molecule has 0 aliphatic rings. The first-order valence-corrected chi connectivity index (χ1v) is 6.06. The van der Waals surface area contributed by atoms with Crippen molar-refractivity contribution < 1.29 is 14.6 Å². The molecule has 20 heavy (non-hydrogen) atoms. The smallest absolute Gasteiger partial charge is 0.277 e. The van der Waals surface area contributed by atoms with E-state index in [4.69, 9.17) is 0 Å². The Kier molecular flexibility index (Phi) is 5.13. The van der Waals surface area contributed by atoms with Gasteiger partial charge in [-0.1, -0.05) is 13.3 Å². The topological polar surface area (TPSA) is 107 Å². The van der Waals surface area contributed by atoms with E-state index < -0.39 is 27.1 Å². The second kappa shape index (κ2) is 6.60. The highest BCUT2D eigenvalue weighted by Gasteiger charge is 2.21. The van der Waals surface area contributed by atoms with E-state index >= 15 is 0 Å². The summed E-state index contributed by atoms with van der Waals surface area (Å²) in [6.45, 7) is 2.46. The first-order chi connectivity index (χ1) is 9.36. The Bertz CT molecular complexity index is 512. The van der Waals surface area contributed by atoms with Crippen LogP contribution in [0.15, 0.2) is 18.2 Å². The highest BCUT2D eigenvalue weighted by atomic mass is 16.6. The maximum absolute atomic E-state index is 12.1. The Labute approximate surface area is 115 Å². The van der Waals surface area contributed by atoms with Crippen LogP contribution in [-0.4, -0.2) is 34.2 Å². The summed E-state index contributed by atoms with van der Waals surface area (Å²) in [4.78, 5) is 33.5. The van der Waals surface area contributed by atoms with Crippen LogP contribution in [0.3, 0.4) is 0 Å². The number of nitro groups is 2. The molecular formula is C12H15N3O5. The van der Waals surface area contributed by atoms with Crippen LogP contribution in [-0.2, 0) is 0 Å². The Morgan fingerprint density at radius 2 is 1.65 bits per heavy atom. The van der Waals surface area contributed by atoms with E-state index in [1.165, 1.54) is 4.90 Å². The number of unbranched alkanes of at least 4 members (excludes halogenated alkanes) is 1. The van der Waals surface area contributed by atoms with E-state index in [1.807, 2.05) is 6.92 Å². The number of benzene rings is 1. The predicted octanol–water partition coefficient (Wildman–Crippen LogP) is 2.38. The zero-order chi connectivity index (χ0) is 15.3. The third-order valence-corrected chi connectivity index (χ3v) is 2.76. The highest BCUT2D eigenvalue weighted by molar-refractivity contribution is 5.95. The molecule has 0 radical (unpaired) electrons. The predicted molar refractivity (Wildman–Crippen MR) is 71.6 cm³/mol. The van der Waals surface area contributed by atoms with Crippen LogP contribution in [0.25, 0.3) is 0 Å². The molecule has 0 unspecified atom stereocenters. The highest BCUT2D eigenvalue weighted by Crippen LogP contribution is 2.23. The molecule has 1 aromatic rings. The molecule has 0 atom stereocenters. The summed E-state index contributed by atoms with van der Waals surface area (Å²) in [6, 6.07) is 2.94. The molecule has 108 valence electrons. The molecule has 1 aromatic carbocycles. The van der Waals surface area contributed by atoms with Gasteiger partial charge in [0, 0.05) is 25.7 Å². The Morgan fingerprint density at radius 1 is 1.15 bits per heavy atom. The van der Waals surface area contributed by atoms with Gasteiger partial charge in [-0.2, -0.15) is 0 Å². The van der Waals surface area contributed by atoms with Gasteiger partial charge in [-0.25, -0.2) is 0 Å². The second-order valence-corrected chi connectivity index (χ2v) is 4.33. The summed E-state index contributed by atoms with van der Waals surface area (Å²) in [5, 5.41) is 21.5. The molecule has 0 aliphatic carbocycles. The summed E-state index contributed by atoms with van der Waals surface area (Å²) >= 11 is 0. The lowest BCUT2D eigenvalue weighted by Gasteiger charge is -2.16. The molecular weight excluding hydrogens is 266 g/mol. The molecule has 0 bridgehead atoms. The minimum atomic E-state index is -0.754. The first kappa shape index (κ1) is 15.5. The van der Waals surface area contributed by atoms with Crippen molar-refractivity contribution >= 4 is 17.3 Å². The number of hydrogen-bond acceptors (Lipinski definition) is 5. The Balaban J connectivity index is 3.13. The third kappa shape index (κ3) is 3.74. The van der Waals surface area contributed by atoms with Gasteiger partial charge in [0.05, 0.1) is 21.5 Å². The van der Waals surface area contributed by atoms with E-state index in [-0.39, 0.29) is 5.56 Å². The van der Waals surface area contributed by atoms with E-state index in [2.05, 4.69) is 0 Å². The molecule has 1 amide bonds. The van der Waals surface area contributed by atoms with Crippen LogP contribution in [0.4, 0.5) is 11.4 Å². The first-order valence-electron chi connectivity index (χ1n) is 6.06. The molecule has 0 aromatic heterocycles. The van der Waals surface area contributed by atoms with Crippen LogP contribution >= 0.6 is 0 Å². The Morgan fingerprint density at radius 3 is 2.05 bits per heavy atom. The summed E-state index contributed by atoms with van der Waals surface area (Å²) in [7, 11) is 1.56. The number of rotatable bonds is 6. The molecule has 0 N–H and O–H groups in total. The van der Waals surface area contributed by atoms with Crippen molar-refractivity contribution in [3.05, 3.63) is 44.0 Å². The van der Waals surface area contributed by atoms with E-state index in [0.29, 0.717) is 6.54 Å². The van der Waals surface area contributed by atoms with Gasteiger partial charge in [-0.3, -0.25) is 25.0 Å². The standard InChI is InChI=1S/C12H15N3O5/c1-3-4-5-13(2)12(16)9-6-10(14(17)18)8-11(7-9)15(19)20/h6-8H,3-5H2,1-2H3. The molecule has 8 nitrogen and oxygen atoms in total. The van der Waals surface area contributed by atoms with Crippen LogP contribution < -0.4 is 0 Å². The minimum absolute atomic E-state index is 0.0514. The van der Waals surface area contributed by atoms with Crippen molar-refractivity contribution in [2.24, 2.45) is 0 Å². The molecule has 0 fully saturated rings. The fourth-order valence-corrected chi connectivity index (χ4v) is 1.65. The van der Waals surface area contributed by atoms with Gasteiger partial charge in [0.2, 0.25) is 0 Å². The third-order valence-electron chi connectivity index (χ3n) is 2.76. The summed E-state index contributed by atoms with van der Waals surface area (Å²) in [6.07, 6.45) is 1.69. The van der Waals surface area contributed by atoms with Gasteiger partial charge in [0.25, 0.3) is 17.3 Å². The number of hydrogen-bond donors (Lipinski definition) is 0. The van der Waals surface area contributed by atoms with Gasteiger partial charge in [0.15, 0.2) is 0 Å². The van der Waals surface area contributed by atoms with E-state index in [1.54, 1.807) is 7.05 Å². The van der Waals surface area contributed by atoms with Gasteiger partial charge < -0.3 is 4.90 Å². The van der Waals surface area contributed by atoms with E-state index in [9.17, 15) is 25.0 Å². The van der Waals surface area contributed by atoms with Gasteiger partial charge in [-0.15, -0.1) is 0 Å². The fraction of sp³-hybridized carbons (Fsp3) is 0.417. The van der Waals surface area contributed by atoms with Crippen molar-refractivity contribution in [2.45, 2.75) is 19.8 Å². The van der Waals surface area contributed by atoms with Crippen LogP contribution in [0.5, 0.6) is 0 Å². The van der Waals surface area contributed by atoms with Crippen LogP contribution in [0.2, 0.25) is 0 Å². The summed E-state index contributed by atoms with van der Waals surface area (Å²) in [5.74, 6) is -0.467. The maximum atomic E-state index is 12.1. The SMILES string of the molecule is CCCCN(C)C(=O)c1cc([N+](=O)[O-])cc([N+](=O)[O-])c1. The molecule has 8 heteroatoms. The summed E-state index contributed by atoms with van der Waals surface area (Å²) < 4.78 is 0. The van der Waals surface area contributed by atoms with Crippen LogP contribution in [0, 0.1) is 20.2 Å². The van der Waals surface area contributed by atoms with Gasteiger partial charge in [-0.05, 0) is 6.42 Å². The quantitative estimate of drug-likeness (QED) is 0.587. The number of non-ortho nitro benzene ring substituents is 2. The number of carbonyl (C=O) groups excluding carboxylic acids is 1. The van der Waals surface area contributed by atoms with Crippen molar-refractivity contribution in [1.82, 2.24) is 4.90 Å². The van der Waals surface area contributed by atoms with Crippen molar-refractivity contribution in [1.29, 1.82) is 0 Å². The van der Waals surface area contributed by atoms with Gasteiger partial charge in [0.1, 0.15) is 0 Å². The molecule has 0 spiro atoms. The molecule has 0 saturated carbocycles. The zero-order valence-corrected chi connectivity index (χ0v) is 11.2. The molecule has 0 heterocycles. The Hall–Kier alpha value is -2.51. The lowest BCUT2D eigenvalue weighted by Crippen LogP contribution is -2.27. The van der Waals surface area contributed by atoms with E-state index in [0.717, 1.165) is 31.0 Å². The minimum Gasteiger partial charge on any atom is -0.342 e. The van der Waals surface area contributed by atoms with Gasteiger partial charge >= 0.3 is 0 Å². The average Bonchev–Trinajstić information content (AvgIpc) is 2.43. The molecule has 1 rings (SSSR count). The number of nitro benzene ring substituents is 2. The average molecular weight is 281 g/mol. The maximum Gasteiger partial charge on any atom is 0.277 e. The van der Waals surface area contributed by atoms with Crippen molar-refractivity contribution in [2.75, 3.05) is 13.6 Å². The lowest BCUT2D eigenvalue weighted by atomic mass is 10.1. The summed E-state index contributed by atoms with van der Waals surface area (Å²) in [5.41, 5.74) is -0.984. The van der Waals surface area contributed by atoms with Crippen molar-refractivity contribution in [3.63, 3.8) is 0 Å². The second-order valence-electron chi connectivity index (χ2n) is 4.33. The lowest BCUT2D eigenvalue weighted by molar-refractivity contribution is -0.394. The van der Waals surface area contributed by atoms with Crippen LogP contribution in [0.1, 0.15) is 30.1 Å². The fourth-order valence-electron chi connectivity index (χ4n) is 1.65. The normalized spacial score (nSPS) is 10.1. The number of carbonyl (C=O) groups is 1.